The van der Waals surface area contributed by atoms with Crippen molar-refractivity contribution in [2.45, 2.75) is 70.3 Å². The van der Waals surface area contributed by atoms with Gasteiger partial charge in [0.15, 0.2) is 0 Å². The van der Waals surface area contributed by atoms with Crippen molar-refractivity contribution in [2.24, 2.45) is 11.7 Å². The molecule has 0 bridgehead atoms. The first kappa shape index (κ1) is 31.2. The monoisotopic (exact) mass is 526 g/mol. The summed E-state index contributed by atoms with van der Waals surface area (Å²) in [7, 11) is 0. The highest BCUT2D eigenvalue weighted by molar-refractivity contribution is 7.98. The van der Waals surface area contributed by atoms with Gasteiger partial charge in [-0.1, -0.05) is 32.4 Å². The Morgan fingerprint density at radius 1 is 0.972 bits per heavy atom. The van der Waals surface area contributed by atoms with Crippen molar-refractivity contribution >= 4 is 35.5 Å². The fraction of sp³-hybridized carbons (Fsp3) is 0.583. The Kier molecular flexibility index (Phi) is 13.3. The predicted molar refractivity (Wildman–Crippen MR) is 137 cm³/mol. The molecule has 1 rings (SSSR count). The van der Waals surface area contributed by atoms with E-state index in [1.807, 2.05) is 13.2 Å². The second-order valence-corrected chi connectivity index (χ2v) is 9.74. The number of carbonyl (C=O) groups excluding carboxylic acids is 3. The lowest BCUT2D eigenvalue weighted by atomic mass is 9.98. The Morgan fingerprint density at radius 2 is 1.56 bits per heavy atom. The molecule has 0 aliphatic heterocycles. The van der Waals surface area contributed by atoms with Gasteiger partial charge in [0.05, 0.1) is 12.1 Å². The van der Waals surface area contributed by atoms with Crippen LogP contribution < -0.4 is 21.7 Å². The number of aromatic hydroxyl groups is 1. The van der Waals surface area contributed by atoms with Gasteiger partial charge in [-0.15, -0.1) is 0 Å². The summed E-state index contributed by atoms with van der Waals surface area (Å²) >= 11 is 1.43. The van der Waals surface area contributed by atoms with Crippen LogP contribution in [-0.4, -0.2) is 81.3 Å². The number of aliphatic carboxylic acids is 1. The molecule has 12 heteroatoms. The van der Waals surface area contributed by atoms with Crippen LogP contribution >= 0.6 is 11.8 Å². The first-order chi connectivity index (χ1) is 16.9. The number of aliphatic hydroxyl groups excluding tert-OH is 1. The van der Waals surface area contributed by atoms with Gasteiger partial charge in [0.1, 0.15) is 23.9 Å². The summed E-state index contributed by atoms with van der Waals surface area (Å²) < 4.78 is 0. The van der Waals surface area contributed by atoms with E-state index in [9.17, 15) is 34.5 Å². The van der Waals surface area contributed by atoms with E-state index in [0.29, 0.717) is 17.7 Å². The van der Waals surface area contributed by atoms with Gasteiger partial charge in [0.2, 0.25) is 17.7 Å². The summed E-state index contributed by atoms with van der Waals surface area (Å²) in [5, 5.41) is 36.6. The third-order valence-electron chi connectivity index (χ3n) is 5.86. The van der Waals surface area contributed by atoms with E-state index < -0.39 is 54.0 Å². The van der Waals surface area contributed by atoms with Gasteiger partial charge in [-0.3, -0.25) is 14.4 Å². The number of hydrogen-bond donors (Lipinski definition) is 7. The molecule has 0 fully saturated rings. The van der Waals surface area contributed by atoms with Crippen LogP contribution in [0.15, 0.2) is 24.3 Å². The maximum Gasteiger partial charge on any atom is 0.326 e. The molecule has 0 aromatic heterocycles. The SMILES string of the molecule is CCC(C)C(N)C(=O)NC(C(=O)NC(CCSC)C(=O)NC(Cc1ccc(O)cc1)C(=O)O)C(C)O. The van der Waals surface area contributed by atoms with Gasteiger partial charge in [-0.05, 0) is 49.0 Å². The largest absolute Gasteiger partial charge is 0.508 e. The quantitative estimate of drug-likeness (QED) is 0.165. The molecule has 6 atom stereocenters. The molecule has 0 aliphatic rings. The number of benzene rings is 1. The molecule has 3 amide bonds. The molecule has 36 heavy (non-hydrogen) atoms. The molecule has 0 radical (unpaired) electrons. The Morgan fingerprint density at radius 3 is 2.06 bits per heavy atom. The van der Waals surface area contributed by atoms with Crippen LogP contribution in [0.1, 0.15) is 39.2 Å². The number of aliphatic hydroxyl groups is 1. The molecule has 0 saturated heterocycles. The number of phenols is 1. The Balaban J connectivity index is 2.98. The van der Waals surface area contributed by atoms with Crippen LogP contribution in [-0.2, 0) is 25.6 Å². The Bertz CT molecular complexity index is 882. The van der Waals surface area contributed by atoms with E-state index >= 15 is 0 Å². The van der Waals surface area contributed by atoms with Gasteiger partial charge >= 0.3 is 5.97 Å². The first-order valence-corrected chi connectivity index (χ1v) is 13.1. The minimum atomic E-state index is -1.36. The topological polar surface area (TPSA) is 191 Å². The van der Waals surface area contributed by atoms with Gasteiger partial charge in [-0.25, -0.2) is 4.79 Å². The highest BCUT2D eigenvalue weighted by atomic mass is 32.2. The molecule has 6 unspecified atom stereocenters. The van der Waals surface area contributed by atoms with E-state index in [0.717, 1.165) is 0 Å². The number of thioether (sulfide) groups is 1. The van der Waals surface area contributed by atoms with E-state index in [-0.39, 0.29) is 24.5 Å². The number of hydrogen-bond acceptors (Lipinski definition) is 8. The number of nitrogens with two attached hydrogens (primary N) is 1. The van der Waals surface area contributed by atoms with Crippen molar-refractivity contribution in [1.29, 1.82) is 0 Å². The standard InChI is InChI=1S/C24H38N4O7S/c1-5-13(2)19(25)22(32)28-20(14(3)29)23(33)26-17(10-11-36-4)21(31)27-18(24(34)35)12-15-6-8-16(30)9-7-15/h6-9,13-14,17-20,29-30H,5,10-12,25H2,1-4H3,(H,26,33)(H,27,31)(H,28,32)(H,34,35). The summed E-state index contributed by atoms with van der Waals surface area (Å²) in [5.41, 5.74) is 6.51. The number of nitrogens with one attached hydrogen (secondary N) is 3. The highest BCUT2D eigenvalue weighted by Crippen LogP contribution is 2.12. The Hall–Kier alpha value is -2.83. The summed E-state index contributed by atoms with van der Waals surface area (Å²) in [5.74, 6) is -3.01. The average Bonchev–Trinajstić information content (AvgIpc) is 2.84. The number of carbonyl (C=O) groups is 4. The van der Waals surface area contributed by atoms with E-state index in [1.54, 1.807) is 19.1 Å². The second kappa shape index (κ2) is 15.3. The number of rotatable bonds is 15. The van der Waals surface area contributed by atoms with Crippen LogP contribution in [0.25, 0.3) is 0 Å². The summed E-state index contributed by atoms with van der Waals surface area (Å²) in [6.45, 7) is 4.99. The number of carboxylic acid groups (broad SMARTS) is 1. The van der Waals surface area contributed by atoms with Crippen molar-refractivity contribution in [3.63, 3.8) is 0 Å². The molecule has 0 heterocycles. The molecule has 0 aliphatic carbocycles. The molecule has 8 N–H and O–H groups in total. The van der Waals surface area contributed by atoms with Crippen molar-refractivity contribution in [2.75, 3.05) is 12.0 Å². The zero-order valence-electron chi connectivity index (χ0n) is 21.1. The van der Waals surface area contributed by atoms with Crippen LogP contribution in [0.4, 0.5) is 0 Å². The summed E-state index contributed by atoms with van der Waals surface area (Å²) in [6.07, 6.45) is 1.34. The van der Waals surface area contributed by atoms with Gasteiger partial charge in [0.25, 0.3) is 0 Å². The summed E-state index contributed by atoms with van der Waals surface area (Å²) in [6, 6.07) is 1.30. The van der Waals surface area contributed by atoms with Crippen molar-refractivity contribution in [1.82, 2.24) is 16.0 Å². The maximum atomic E-state index is 13.0. The molecule has 1 aromatic carbocycles. The molecule has 1 aromatic rings. The number of amides is 3. The van der Waals surface area contributed by atoms with Gasteiger partial charge in [-0.2, -0.15) is 11.8 Å². The zero-order chi connectivity index (χ0) is 27.4. The minimum absolute atomic E-state index is 0.0272. The number of carboxylic acids is 1. The third-order valence-corrected chi connectivity index (χ3v) is 6.50. The molecular weight excluding hydrogens is 488 g/mol. The first-order valence-electron chi connectivity index (χ1n) is 11.8. The van der Waals surface area contributed by atoms with E-state index in [2.05, 4.69) is 16.0 Å². The van der Waals surface area contributed by atoms with Crippen LogP contribution in [0, 0.1) is 5.92 Å². The van der Waals surface area contributed by atoms with E-state index in [1.165, 1.54) is 30.8 Å². The van der Waals surface area contributed by atoms with Crippen molar-refractivity contribution in [3.8, 4) is 5.75 Å². The third kappa shape index (κ3) is 10.0. The minimum Gasteiger partial charge on any atom is -0.508 e. The van der Waals surface area contributed by atoms with Crippen molar-refractivity contribution in [3.05, 3.63) is 29.8 Å². The van der Waals surface area contributed by atoms with Crippen LogP contribution in [0.5, 0.6) is 5.75 Å². The lowest BCUT2D eigenvalue weighted by molar-refractivity contribution is -0.142. The highest BCUT2D eigenvalue weighted by Gasteiger charge is 2.33. The fourth-order valence-electron chi connectivity index (χ4n) is 3.27. The van der Waals surface area contributed by atoms with Crippen molar-refractivity contribution < 1.29 is 34.5 Å². The van der Waals surface area contributed by atoms with Crippen LogP contribution in [0.3, 0.4) is 0 Å². The molecule has 11 nitrogen and oxygen atoms in total. The second-order valence-electron chi connectivity index (χ2n) is 8.75. The van der Waals surface area contributed by atoms with Gasteiger partial charge < -0.3 is 37.0 Å². The predicted octanol–water partition coefficient (Wildman–Crippen LogP) is -0.0190. The molecule has 0 saturated carbocycles. The number of phenolic OH excluding ortho intramolecular Hbond substituents is 1. The molecule has 202 valence electrons. The molecule has 0 spiro atoms. The molecular formula is C24H38N4O7S. The summed E-state index contributed by atoms with van der Waals surface area (Å²) in [4.78, 5) is 50.2. The van der Waals surface area contributed by atoms with E-state index in [4.69, 9.17) is 5.73 Å². The smallest absolute Gasteiger partial charge is 0.326 e. The lowest BCUT2D eigenvalue weighted by Crippen LogP contribution is -2.60. The average molecular weight is 527 g/mol. The maximum absolute atomic E-state index is 13.0. The fourth-order valence-corrected chi connectivity index (χ4v) is 3.74. The Labute approximate surface area is 215 Å². The normalized spacial score (nSPS) is 16.1. The van der Waals surface area contributed by atoms with Crippen LogP contribution in [0.2, 0.25) is 0 Å². The lowest BCUT2D eigenvalue weighted by Gasteiger charge is -2.27. The zero-order valence-corrected chi connectivity index (χ0v) is 21.9. The van der Waals surface area contributed by atoms with Gasteiger partial charge in [0, 0.05) is 6.42 Å².